The number of halogens is 1. The van der Waals surface area contributed by atoms with Crippen LogP contribution < -0.4 is 4.74 Å². The van der Waals surface area contributed by atoms with Gasteiger partial charge in [-0.3, -0.25) is 0 Å². The van der Waals surface area contributed by atoms with Gasteiger partial charge in [0.15, 0.2) is 0 Å². The second-order valence-corrected chi connectivity index (χ2v) is 9.55. The zero-order valence-electron chi connectivity index (χ0n) is 15.1. The first-order valence-corrected chi connectivity index (χ1v) is 11.0. The van der Waals surface area contributed by atoms with Crippen LogP contribution in [0.15, 0.2) is 51.8 Å². The Hall–Kier alpha value is -1.37. The van der Waals surface area contributed by atoms with E-state index in [1.54, 1.807) is 16.4 Å². The lowest BCUT2D eigenvalue weighted by Gasteiger charge is -2.31. The molecule has 1 fully saturated rings. The molecule has 0 aromatic heterocycles. The first kappa shape index (κ1) is 19.4. The Kier molecular flexibility index (Phi) is 6.05. The zero-order chi connectivity index (χ0) is 18.7. The van der Waals surface area contributed by atoms with Crippen LogP contribution in [-0.2, 0) is 16.4 Å². The summed E-state index contributed by atoms with van der Waals surface area (Å²) in [5, 5.41) is 0. The normalized spacial score (nSPS) is 16.6. The molecule has 26 heavy (non-hydrogen) atoms. The average Bonchev–Trinajstić information content (AvgIpc) is 2.65. The molecule has 0 atom stereocenters. The van der Waals surface area contributed by atoms with E-state index in [-0.39, 0.29) is 4.90 Å². The van der Waals surface area contributed by atoms with Crippen molar-refractivity contribution in [3.63, 3.8) is 0 Å². The van der Waals surface area contributed by atoms with E-state index in [1.807, 2.05) is 13.0 Å². The third-order valence-electron chi connectivity index (χ3n) is 5.00. The lowest BCUT2D eigenvalue weighted by molar-refractivity contribution is 0.272. The van der Waals surface area contributed by atoms with Crippen molar-refractivity contribution in [2.24, 2.45) is 5.92 Å². The molecular weight excluding hydrogens is 414 g/mol. The van der Waals surface area contributed by atoms with Crippen molar-refractivity contribution in [3.05, 3.63) is 58.1 Å². The van der Waals surface area contributed by atoms with Gasteiger partial charge in [-0.1, -0.05) is 46.3 Å². The number of rotatable bonds is 5. The highest BCUT2D eigenvalue weighted by molar-refractivity contribution is 9.10. The molecule has 0 aliphatic carbocycles. The first-order chi connectivity index (χ1) is 12.4. The monoisotopic (exact) mass is 437 g/mol. The number of sulfonamides is 1. The SMILES string of the molecule is COc1cc(C)c(Br)cc1S(=O)(=O)N1CCC(Cc2ccccc2)CC1. The highest BCUT2D eigenvalue weighted by atomic mass is 79.9. The van der Waals surface area contributed by atoms with Crippen LogP contribution in [0, 0.1) is 12.8 Å². The van der Waals surface area contributed by atoms with Gasteiger partial charge in [-0.15, -0.1) is 0 Å². The first-order valence-electron chi connectivity index (χ1n) is 8.80. The quantitative estimate of drug-likeness (QED) is 0.695. The second kappa shape index (κ2) is 8.11. The van der Waals surface area contributed by atoms with Gasteiger partial charge in [-0.25, -0.2) is 8.42 Å². The molecule has 0 amide bonds. The molecule has 0 unspecified atom stereocenters. The fraction of sp³-hybridized carbons (Fsp3) is 0.400. The maximum Gasteiger partial charge on any atom is 0.246 e. The molecule has 4 nitrogen and oxygen atoms in total. The van der Waals surface area contributed by atoms with Crippen LogP contribution in [0.5, 0.6) is 5.75 Å². The van der Waals surface area contributed by atoms with Crippen LogP contribution in [-0.4, -0.2) is 32.9 Å². The zero-order valence-corrected chi connectivity index (χ0v) is 17.5. The summed E-state index contributed by atoms with van der Waals surface area (Å²) in [7, 11) is -2.05. The van der Waals surface area contributed by atoms with Crippen LogP contribution in [0.3, 0.4) is 0 Å². The van der Waals surface area contributed by atoms with Crippen LogP contribution in [0.1, 0.15) is 24.0 Å². The lowest BCUT2D eigenvalue weighted by atomic mass is 9.91. The van der Waals surface area contributed by atoms with Gasteiger partial charge in [-0.2, -0.15) is 4.31 Å². The number of aryl methyl sites for hydroxylation is 1. The third-order valence-corrected chi connectivity index (χ3v) is 7.78. The van der Waals surface area contributed by atoms with Crippen molar-refractivity contribution in [1.29, 1.82) is 0 Å². The van der Waals surface area contributed by atoms with Gasteiger partial charge in [0.05, 0.1) is 7.11 Å². The summed E-state index contributed by atoms with van der Waals surface area (Å²) >= 11 is 3.43. The topological polar surface area (TPSA) is 46.6 Å². The Bertz CT molecular complexity index is 860. The fourth-order valence-electron chi connectivity index (χ4n) is 3.44. The summed E-state index contributed by atoms with van der Waals surface area (Å²) in [4.78, 5) is 0.235. The van der Waals surface area contributed by atoms with Crippen LogP contribution in [0.4, 0.5) is 0 Å². The third kappa shape index (κ3) is 4.13. The molecule has 1 heterocycles. The molecule has 0 N–H and O–H groups in total. The molecule has 1 saturated heterocycles. The van der Waals surface area contributed by atoms with Crippen molar-refractivity contribution < 1.29 is 13.2 Å². The van der Waals surface area contributed by atoms with Crippen LogP contribution >= 0.6 is 15.9 Å². The van der Waals surface area contributed by atoms with Crippen molar-refractivity contribution >= 4 is 26.0 Å². The number of ether oxygens (including phenoxy) is 1. The van der Waals surface area contributed by atoms with Gasteiger partial charge >= 0.3 is 0 Å². The van der Waals surface area contributed by atoms with Gasteiger partial charge < -0.3 is 4.74 Å². The number of methoxy groups -OCH3 is 1. The van der Waals surface area contributed by atoms with Crippen LogP contribution in [0.2, 0.25) is 0 Å². The predicted octanol–water partition coefficient (Wildman–Crippen LogP) is 4.41. The molecule has 0 bridgehead atoms. The lowest BCUT2D eigenvalue weighted by Crippen LogP contribution is -2.39. The highest BCUT2D eigenvalue weighted by Crippen LogP contribution is 2.34. The number of piperidine rings is 1. The summed E-state index contributed by atoms with van der Waals surface area (Å²) in [6.07, 6.45) is 2.76. The second-order valence-electron chi connectivity index (χ2n) is 6.79. The van der Waals surface area contributed by atoms with Gasteiger partial charge in [-0.05, 0) is 55.4 Å². The Balaban J connectivity index is 1.73. The summed E-state index contributed by atoms with van der Waals surface area (Å²) in [6, 6.07) is 13.8. The van der Waals surface area contributed by atoms with Gasteiger partial charge in [0.25, 0.3) is 0 Å². The Morgan fingerprint density at radius 1 is 1.15 bits per heavy atom. The maximum absolute atomic E-state index is 13.1. The van der Waals surface area contributed by atoms with E-state index in [1.165, 1.54) is 12.7 Å². The minimum absolute atomic E-state index is 0.235. The van der Waals surface area contributed by atoms with E-state index in [9.17, 15) is 8.42 Å². The van der Waals surface area contributed by atoms with E-state index >= 15 is 0 Å². The van der Waals surface area contributed by atoms with Crippen molar-refractivity contribution in [2.45, 2.75) is 31.1 Å². The van der Waals surface area contributed by atoms with Gasteiger partial charge in [0.1, 0.15) is 10.6 Å². The minimum atomic E-state index is -3.56. The number of nitrogens with zero attached hydrogens (tertiary/aromatic N) is 1. The number of benzene rings is 2. The number of hydrogen-bond acceptors (Lipinski definition) is 3. The summed E-state index contributed by atoms with van der Waals surface area (Å²) in [5.74, 6) is 0.924. The van der Waals surface area contributed by atoms with Crippen molar-refractivity contribution in [2.75, 3.05) is 20.2 Å². The van der Waals surface area contributed by atoms with Gasteiger partial charge in [0, 0.05) is 17.6 Å². The highest BCUT2D eigenvalue weighted by Gasteiger charge is 2.32. The van der Waals surface area contributed by atoms with Crippen molar-refractivity contribution in [3.8, 4) is 5.75 Å². The van der Waals surface area contributed by atoms with E-state index < -0.39 is 10.0 Å². The molecule has 0 saturated carbocycles. The maximum atomic E-state index is 13.1. The molecule has 3 rings (SSSR count). The summed E-state index contributed by atoms with van der Waals surface area (Å²) in [6.45, 7) is 3.01. The Morgan fingerprint density at radius 2 is 1.81 bits per heavy atom. The van der Waals surface area contributed by atoms with Crippen LogP contribution in [0.25, 0.3) is 0 Å². The van der Waals surface area contributed by atoms with E-state index in [0.29, 0.717) is 24.8 Å². The van der Waals surface area contributed by atoms with Gasteiger partial charge in [0.2, 0.25) is 10.0 Å². The van der Waals surface area contributed by atoms with E-state index in [2.05, 4.69) is 40.2 Å². The number of hydrogen-bond donors (Lipinski definition) is 0. The minimum Gasteiger partial charge on any atom is -0.495 e. The van der Waals surface area contributed by atoms with E-state index in [4.69, 9.17) is 4.74 Å². The molecule has 140 valence electrons. The standard InChI is InChI=1S/C20H24BrNO3S/c1-15-12-19(25-2)20(14-18(15)21)26(23,24)22-10-8-17(9-11-22)13-16-6-4-3-5-7-16/h3-7,12,14,17H,8-11,13H2,1-2H3. The summed E-state index contributed by atoms with van der Waals surface area (Å²) < 4.78 is 33.9. The molecule has 2 aromatic rings. The Labute approximate surface area is 164 Å². The molecule has 1 aliphatic rings. The molecule has 0 spiro atoms. The molecular formula is C20H24BrNO3S. The smallest absolute Gasteiger partial charge is 0.246 e. The molecule has 6 heteroatoms. The van der Waals surface area contributed by atoms with E-state index in [0.717, 1.165) is 29.3 Å². The predicted molar refractivity (Wildman–Crippen MR) is 107 cm³/mol. The largest absolute Gasteiger partial charge is 0.495 e. The fourth-order valence-corrected chi connectivity index (χ4v) is 5.57. The summed E-state index contributed by atoms with van der Waals surface area (Å²) in [5.41, 5.74) is 2.26. The Morgan fingerprint density at radius 3 is 2.42 bits per heavy atom. The molecule has 0 radical (unpaired) electrons. The average molecular weight is 438 g/mol. The van der Waals surface area contributed by atoms with Crippen molar-refractivity contribution in [1.82, 2.24) is 4.31 Å². The molecule has 1 aliphatic heterocycles. The molecule has 2 aromatic carbocycles.